The van der Waals surface area contributed by atoms with Gasteiger partial charge in [-0.1, -0.05) is 41.7 Å². The number of carbonyl (C=O) groups is 2. The predicted octanol–water partition coefficient (Wildman–Crippen LogP) is 0.315. The summed E-state index contributed by atoms with van der Waals surface area (Å²) in [4.78, 5) is 24.1. The monoisotopic (exact) mass is 365 g/mol. The van der Waals surface area contributed by atoms with Crippen LogP contribution in [0.5, 0.6) is 0 Å². The fraction of sp³-hybridized carbons (Fsp3) is 0.286. The topological polar surface area (TPSA) is 116 Å². The van der Waals surface area contributed by atoms with Crippen LogP contribution in [0.15, 0.2) is 35.8 Å². The van der Waals surface area contributed by atoms with Crippen molar-refractivity contribution >= 4 is 40.0 Å². The first kappa shape index (κ1) is 16.8. The molecule has 0 bridgehead atoms. The number of nitrogens with zero attached hydrogens (tertiary/aromatic N) is 2. The van der Waals surface area contributed by atoms with Crippen LogP contribution in [-0.4, -0.2) is 44.6 Å². The molecule has 24 heavy (non-hydrogen) atoms. The fourth-order valence-corrected chi connectivity index (χ4v) is 3.57. The second-order valence-corrected chi connectivity index (χ2v) is 6.92. The molecule has 3 atom stereocenters. The zero-order valence-corrected chi connectivity index (χ0v) is 14.0. The van der Waals surface area contributed by atoms with E-state index in [4.69, 9.17) is 0 Å². The summed E-state index contributed by atoms with van der Waals surface area (Å²) in [7, 11) is 0. The molecule has 0 spiro atoms. The van der Waals surface area contributed by atoms with E-state index in [1.54, 1.807) is 12.1 Å². The third-order valence-electron chi connectivity index (χ3n) is 3.34. The quantitative estimate of drug-likeness (QED) is 0.603. The molecule has 1 aliphatic rings. The third-order valence-corrected chi connectivity index (χ3v) is 4.96. The molecule has 3 rings (SSSR count). The number of aromatic nitrogens is 2. The van der Waals surface area contributed by atoms with Crippen LogP contribution < -0.4 is 16.0 Å². The van der Waals surface area contributed by atoms with Gasteiger partial charge in [0.2, 0.25) is 16.9 Å². The average Bonchev–Trinajstić information content (AvgIpc) is 3.06. The first-order valence-corrected chi connectivity index (χ1v) is 9.03. The van der Waals surface area contributed by atoms with Crippen LogP contribution in [-0.2, 0) is 9.59 Å². The van der Waals surface area contributed by atoms with E-state index in [1.165, 1.54) is 28.6 Å². The van der Waals surface area contributed by atoms with E-state index >= 15 is 0 Å². The Labute approximate surface area is 146 Å². The summed E-state index contributed by atoms with van der Waals surface area (Å²) in [6, 6.07) is 9.05. The van der Waals surface area contributed by atoms with Gasteiger partial charge in [0, 0.05) is 0 Å². The van der Waals surface area contributed by atoms with E-state index in [1.807, 2.05) is 18.2 Å². The lowest BCUT2D eigenvalue weighted by atomic mass is 9.95. The Hall–Kier alpha value is -2.01. The summed E-state index contributed by atoms with van der Waals surface area (Å²) in [5.74, 6) is -1.12. The van der Waals surface area contributed by atoms with E-state index in [9.17, 15) is 14.7 Å². The van der Waals surface area contributed by atoms with Gasteiger partial charge < -0.3 is 10.4 Å². The van der Waals surface area contributed by atoms with Crippen molar-refractivity contribution in [1.82, 2.24) is 20.8 Å². The average molecular weight is 365 g/mol. The van der Waals surface area contributed by atoms with Crippen molar-refractivity contribution in [2.75, 3.05) is 11.1 Å². The Morgan fingerprint density at radius 1 is 1.38 bits per heavy atom. The second kappa shape index (κ2) is 7.71. The SMILES string of the molecule is O=C(CSC1NC(=O)C(c2ccccc2)C(O)N1)Nc1nncs1. The maximum absolute atomic E-state index is 12.3. The Kier molecular flexibility index (Phi) is 5.41. The molecule has 8 nitrogen and oxygen atoms in total. The van der Waals surface area contributed by atoms with Crippen LogP contribution >= 0.6 is 23.1 Å². The summed E-state index contributed by atoms with van der Waals surface area (Å²) < 4.78 is 0. The Morgan fingerprint density at radius 3 is 2.83 bits per heavy atom. The molecule has 0 radical (unpaired) electrons. The van der Waals surface area contributed by atoms with Gasteiger partial charge in [-0.25, -0.2) is 0 Å². The minimum Gasteiger partial charge on any atom is -0.377 e. The van der Waals surface area contributed by atoms with E-state index in [0.29, 0.717) is 5.13 Å². The standard InChI is InChI=1S/C14H15N5O3S2/c20-9(16-14-19-15-7-24-14)6-23-13-17-11(21)10(12(22)18-13)8-4-2-1-3-5-8/h1-5,7,10-11,13,17,21H,6H2,(H,18,22)(H,16,19,20). The molecule has 1 aliphatic heterocycles. The molecule has 3 unspecified atom stereocenters. The minimum atomic E-state index is -1.02. The van der Waals surface area contributed by atoms with Gasteiger partial charge in [0.15, 0.2) is 0 Å². The number of amides is 2. The number of aliphatic hydroxyl groups excluding tert-OH is 1. The van der Waals surface area contributed by atoms with E-state index in [2.05, 4.69) is 26.1 Å². The normalized spacial score (nSPS) is 23.5. The number of nitrogens with one attached hydrogen (secondary N) is 3. The Balaban J connectivity index is 1.53. The molecule has 2 heterocycles. The molecular weight excluding hydrogens is 350 g/mol. The summed E-state index contributed by atoms with van der Waals surface area (Å²) >= 11 is 2.40. The summed E-state index contributed by atoms with van der Waals surface area (Å²) in [5, 5.41) is 26.3. The lowest BCUT2D eigenvalue weighted by molar-refractivity contribution is -0.129. The molecule has 0 saturated carbocycles. The fourth-order valence-electron chi connectivity index (χ4n) is 2.28. The second-order valence-electron chi connectivity index (χ2n) is 4.99. The number of thioether (sulfide) groups is 1. The molecule has 1 fully saturated rings. The lowest BCUT2D eigenvalue weighted by Gasteiger charge is -2.34. The molecule has 1 saturated heterocycles. The third kappa shape index (κ3) is 4.09. The highest BCUT2D eigenvalue weighted by Gasteiger charge is 2.36. The van der Waals surface area contributed by atoms with Crippen molar-refractivity contribution in [1.29, 1.82) is 0 Å². The van der Waals surface area contributed by atoms with Gasteiger partial charge in [0.05, 0.1) is 5.75 Å². The van der Waals surface area contributed by atoms with Gasteiger partial charge in [-0.3, -0.25) is 20.2 Å². The van der Waals surface area contributed by atoms with Gasteiger partial charge in [-0.05, 0) is 5.56 Å². The van der Waals surface area contributed by atoms with Gasteiger partial charge in [0.25, 0.3) is 0 Å². The maximum atomic E-state index is 12.3. The predicted molar refractivity (Wildman–Crippen MR) is 91.3 cm³/mol. The highest BCUT2D eigenvalue weighted by Crippen LogP contribution is 2.24. The Morgan fingerprint density at radius 2 is 2.17 bits per heavy atom. The van der Waals surface area contributed by atoms with Crippen LogP contribution in [0.4, 0.5) is 5.13 Å². The number of aliphatic hydroxyl groups is 1. The van der Waals surface area contributed by atoms with Crippen LogP contribution in [0.2, 0.25) is 0 Å². The first-order valence-electron chi connectivity index (χ1n) is 7.10. The van der Waals surface area contributed by atoms with Crippen molar-refractivity contribution in [2.24, 2.45) is 0 Å². The van der Waals surface area contributed by atoms with E-state index < -0.39 is 17.6 Å². The van der Waals surface area contributed by atoms with Crippen LogP contribution in [0.1, 0.15) is 11.5 Å². The van der Waals surface area contributed by atoms with Crippen molar-refractivity contribution in [3.8, 4) is 0 Å². The van der Waals surface area contributed by atoms with E-state index in [-0.39, 0.29) is 17.6 Å². The van der Waals surface area contributed by atoms with Crippen LogP contribution in [0.25, 0.3) is 0 Å². The molecule has 0 aliphatic carbocycles. The highest BCUT2D eigenvalue weighted by molar-refractivity contribution is 8.00. The van der Waals surface area contributed by atoms with Crippen molar-refractivity contribution in [2.45, 2.75) is 17.6 Å². The van der Waals surface area contributed by atoms with Gasteiger partial charge >= 0.3 is 0 Å². The number of hydrogen-bond acceptors (Lipinski definition) is 8. The number of carbonyl (C=O) groups excluding carboxylic acids is 2. The summed E-state index contributed by atoms with van der Waals surface area (Å²) in [6.07, 6.45) is -1.02. The van der Waals surface area contributed by atoms with Crippen molar-refractivity contribution in [3.05, 3.63) is 41.4 Å². The number of rotatable bonds is 5. The van der Waals surface area contributed by atoms with Crippen molar-refractivity contribution < 1.29 is 14.7 Å². The van der Waals surface area contributed by atoms with Gasteiger partial charge in [-0.15, -0.1) is 22.0 Å². The minimum absolute atomic E-state index is 0.0975. The van der Waals surface area contributed by atoms with Crippen LogP contribution in [0, 0.1) is 0 Å². The molecule has 4 N–H and O–H groups in total. The molecule has 1 aromatic heterocycles. The van der Waals surface area contributed by atoms with Crippen LogP contribution in [0.3, 0.4) is 0 Å². The van der Waals surface area contributed by atoms with Crippen molar-refractivity contribution in [3.63, 3.8) is 0 Å². The molecule has 126 valence electrons. The Bertz CT molecular complexity index is 698. The van der Waals surface area contributed by atoms with Gasteiger partial charge in [-0.2, -0.15) is 0 Å². The van der Waals surface area contributed by atoms with Gasteiger partial charge in [0.1, 0.15) is 23.2 Å². The molecular formula is C14H15N5O3S2. The largest absolute Gasteiger partial charge is 0.377 e. The summed E-state index contributed by atoms with van der Waals surface area (Å²) in [6.45, 7) is 0. The maximum Gasteiger partial charge on any atom is 0.236 e. The zero-order valence-electron chi connectivity index (χ0n) is 12.4. The molecule has 10 heteroatoms. The number of benzene rings is 1. The summed E-state index contributed by atoms with van der Waals surface area (Å²) in [5.41, 5.74) is 1.70. The number of hydrogen-bond donors (Lipinski definition) is 4. The molecule has 1 aromatic carbocycles. The zero-order chi connectivity index (χ0) is 16.9. The van der Waals surface area contributed by atoms with E-state index in [0.717, 1.165) is 5.56 Å². The lowest BCUT2D eigenvalue weighted by Crippen LogP contribution is -2.59. The molecule has 2 aromatic rings. The smallest absolute Gasteiger partial charge is 0.236 e. The first-order chi connectivity index (χ1) is 11.6. The number of anilines is 1. The molecule has 2 amide bonds. The highest BCUT2D eigenvalue weighted by atomic mass is 32.2.